The highest BCUT2D eigenvalue weighted by molar-refractivity contribution is 7.89. The summed E-state index contributed by atoms with van der Waals surface area (Å²) in [5.74, 6) is 0. The van der Waals surface area contributed by atoms with Crippen molar-refractivity contribution >= 4 is 22.4 Å². The van der Waals surface area contributed by atoms with Gasteiger partial charge in [0, 0.05) is 13.1 Å². The molecule has 1 aliphatic rings. The number of hydrogen-bond acceptors (Lipinski definition) is 3. The summed E-state index contributed by atoms with van der Waals surface area (Å²) in [6.45, 7) is 8.41. The molecule has 0 aromatic heterocycles. The van der Waals surface area contributed by atoms with E-state index >= 15 is 0 Å². The van der Waals surface area contributed by atoms with Crippen molar-refractivity contribution in [3.05, 3.63) is 29.3 Å². The number of sulfonamides is 1. The summed E-state index contributed by atoms with van der Waals surface area (Å²) < 4.78 is 27.5. The van der Waals surface area contributed by atoms with Crippen molar-refractivity contribution in [1.82, 2.24) is 10.0 Å². The van der Waals surface area contributed by atoms with Gasteiger partial charge in [0.2, 0.25) is 10.0 Å². The second kappa shape index (κ2) is 7.09. The monoisotopic (exact) mass is 332 g/mol. The van der Waals surface area contributed by atoms with Crippen LogP contribution in [0.15, 0.2) is 23.1 Å². The zero-order valence-corrected chi connectivity index (χ0v) is 14.5. The molecule has 1 fully saturated rings. The lowest BCUT2D eigenvalue weighted by atomic mass is 9.83. The number of piperidine rings is 1. The van der Waals surface area contributed by atoms with Gasteiger partial charge in [-0.2, -0.15) is 0 Å². The normalized spacial score (nSPS) is 22.6. The predicted molar refractivity (Wildman–Crippen MR) is 88.6 cm³/mol. The minimum Gasteiger partial charge on any atom is -0.316 e. The summed E-state index contributed by atoms with van der Waals surface area (Å²) in [6.07, 6.45) is 2.15. The molecule has 6 heteroatoms. The van der Waals surface area contributed by atoms with Gasteiger partial charge in [-0.3, -0.25) is 0 Å². The molecule has 0 aliphatic carbocycles. The number of hydrogen-bond donors (Lipinski definition) is 2. The van der Waals surface area contributed by atoms with E-state index in [2.05, 4.69) is 17.0 Å². The van der Waals surface area contributed by atoms with Crippen LogP contribution in [0, 0.1) is 19.3 Å². The van der Waals surface area contributed by atoms with Crippen molar-refractivity contribution in [2.45, 2.75) is 38.5 Å². The van der Waals surface area contributed by atoms with Crippen molar-refractivity contribution in [3.8, 4) is 0 Å². The van der Waals surface area contributed by atoms with E-state index < -0.39 is 10.0 Å². The summed E-state index contributed by atoms with van der Waals surface area (Å²) >= 11 is 0. The lowest BCUT2D eigenvalue weighted by Gasteiger charge is -2.34. The molecule has 0 bridgehead atoms. The van der Waals surface area contributed by atoms with E-state index in [0.717, 1.165) is 37.1 Å². The van der Waals surface area contributed by atoms with Gasteiger partial charge in [0.05, 0.1) is 4.90 Å². The predicted octanol–water partition coefficient (Wildman–Crippen LogP) is 2.39. The van der Waals surface area contributed by atoms with E-state index in [0.29, 0.717) is 11.4 Å². The first-order chi connectivity index (χ1) is 9.32. The van der Waals surface area contributed by atoms with E-state index in [1.165, 1.54) is 0 Å². The summed E-state index contributed by atoms with van der Waals surface area (Å²) in [6, 6.07) is 5.26. The molecular weight excluding hydrogens is 308 g/mol. The molecule has 2 N–H and O–H groups in total. The van der Waals surface area contributed by atoms with Crippen molar-refractivity contribution in [1.29, 1.82) is 0 Å². The molecule has 1 heterocycles. The summed E-state index contributed by atoms with van der Waals surface area (Å²) in [7, 11) is -3.41. The molecule has 1 atom stereocenters. The fourth-order valence-electron chi connectivity index (χ4n) is 2.50. The van der Waals surface area contributed by atoms with Crippen LogP contribution in [0.25, 0.3) is 0 Å². The molecule has 1 unspecified atom stereocenters. The van der Waals surface area contributed by atoms with Crippen LogP contribution < -0.4 is 10.0 Å². The first-order valence-electron chi connectivity index (χ1n) is 7.10. The number of rotatable bonds is 4. The standard InChI is InChI=1S/C15H24N2O2S.ClH/c1-12-5-6-14(9-13(12)2)20(18,19)17-11-15(3)7-4-8-16-10-15;/h5-6,9,16-17H,4,7-8,10-11H2,1-3H3;1H. The molecule has 1 aromatic carbocycles. The van der Waals surface area contributed by atoms with Crippen LogP contribution in [-0.4, -0.2) is 28.1 Å². The Kier molecular flexibility index (Phi) is 6.23. The van der Waals surface area contributed by atoms with E-state index in [1.807, 2.05) is 19.9 Å². The Hall–Kier alpha value is -0.620. The highest BCUT2D eigenvalue weighted by Gasteiger charge is 2.28. The second-order valence-electron chi connectivity index (χ2n) is 6.16. The third-order valence-corrected chi connectivity index (χ3v) is 5.56. The van der Waals surface area contributed by atoms with Gasteiger partial charge in [-0.05, 0) is 61.9 Å². The Balaban J connectivity index is 0.00000220. The lowest BCUT2D eigenvalue weighted by Crippen LogP contribution is -2.45. The molecule has 0 saturated carbocycles. The average molecular weight is 333 g/mol. The third-order valence-electron chi connectivity index (χ3n) is 4.16. The van der Waals surface area contributed by atoms with Crippen LogP contribution in [-0.2, 0) is 10.0 Å². The van der Waals surface area contributed by atoms with Crippen LogP contribution in [0.5, 0.6) is 0 Å². The van der Waals surface area contributed by atoms with Gasteiger partial charge in [-0.1, -0.05) is 13.0 Å². The molecule has 0 radical (unpaired) electrons. The lowest BCUT2D eigenvalue weighted by molar-refractivity contribution is 0.238. The largest absolute Gasteiger partial charge is 0.316 e. The fraction of sp³-hybridized carbons (Fsp3) is 0.600. The van der Waals surface area contributed by atoms with E-state index in [4.69, 9.17) is 0 Å². The molecule has 1 aliphatic heterocycles. The van der Waals surface area contributed by atoms with Crippen LogP contribution >= 0.6 is 12.4 Å². The van der Waals surface area contributed by atoms with E-state index in [-0.39, 0.29) is 17.8 Å². The van der Waals surface area contributed by atoms with E-state index in [1.54, 1.807) is 12.1 Å². The summed E-state index contributed by atoms with van der Waals surface area (Å²) in [5.41, 5.74) is 2.11. The first-order valence-corrected chi connectivity index (χ1v) is 8.58. The topological polar surface area (TPSA) is 58.2 Å². The minimum absolute atomic E-state index is 0. The maximum absolute atomic E-state index is 12.3. The molecule has 0 amide bonds. The molecule has 1 aromatic rings. The average Bonchev–Trinajstić information content (AvgIpc) is 2.41. The van der Waals surface area contributed by atoms with Crippen LogP contribution in [0.3, 0.4) is 0 Å². The molecule has 120 valence electrons. The van der Waals surface area contributed by atoms with Gasteiger partial charge >= 0.3 is 0 Å². The van der Waals surface area contributed by atoms with Gasteiger partial charge in [-0.25, -0.2) is 13.1 Å². The SMILES string of the molecule is Cc1ccc(S(=O)(=O)NCC2(C)CCCNC2)cc1C.Cl. The second-order valence-corrected chi connectivity index (χ2v) is 7.93. The van der Waals surface area contributed by atoms with Crippen LogP contribution in [0.4, 0.5) is 0 Å². The maximum atomic E-state index is 12.3. The van der Waals surface area contributed by atoms with E-state index in [9.17, 15) is 8.42 Å². The van der Waals surface area contributed by atoms with Crippen LogP contribution in [0.1, 0.15) is 30.9 Å². The Labute approximate surface area is 134 Å². The molecule has 21 heavy (non-hydrogen) atoms. The molecule has 2 rings (SSSR count). The van der Waals surface area contributed by atoms with Gasteiger partial charge in [0.25, 0.3) is 0 Å². The summed E-state index contributed by atoms with van der Waals surface area (Å²) in [5, 5.41) is 3.33. The summed E-state index contributed by atoms with van der Waals surface area (Å²) in [4.78, 5) is 0.355. The van der Waals surface area contributed by atoms with Crippen molar-refractivity contribution in [2.24, 2.45) is 5.41 Å². The Morgan fingerprint density at radius 3 is 2.57 bits per heavy atom. The Morgan fingerprint density at radius 2 is 2.00 bits per heavy atom. The number of halogens is 1. The van der Waals surface area contributed by atoms with Crippen molar-refractivity contribution in [2.75, 3.05) is 19.6 Å². The quantitative estimate of drug-likeness (QED) is 0.890. The minimum atomic E-state index is -3.41. The molecule has 1 saturated heterocycles. The molecular formula is C15H25ClN2O2S. The zero-order valence-electron chi connectivity index (χ0n) is 12.9. The third kappa shape index (κ3) is 4.68. The smallest absolute Gasteiger partial charge is 0.240 e. The van der Waals surface area contributed by atoms with Gasteiger partial charge < -0.3 is 5.32 Å². The van der Waals surface area contributed by atoms with Crippen LogP contribution in [0.2, 0.25) is 0 Å². The Morgan fingerprint density at radius 1 is 1.29 bits per heavy atom. The fourth-order valence-corrected chi connectivity index (χ4v) is 3.79. The maximum Gasteiger partial charge on any atom is 0.240 e. The number of nitrogens with one attached hydrogen (secondary N) is 2. The first kappa shape index (κ1) is 18.4. The van der Waals surface area contributed by atoms with Crippen molar-refractivity contribution in [3.63, 3.8) is 0 Å². The highest BCUT2D eigenvalue weighted by atomic mass is 35.5. The molecule has 0 spiro atoms. The van der Waals surface area contributed by atoms with Gasteiger partial charge in [0.15, 0.2) is 0 Å². The number of aryl methyl sites for hydroxylation is 2. The zero-order chi connectivity index (χ0) is 14.8. The number of benzene rings is 1. The Bertz CT molecular complexity index is 581. The molecule has 4 nitrogen and oxygen atoms in total. The van der Waals surface area contributed by atoms with Gasteiger partial charge in [-0.15, -0.1) is 12.4 Å². The van der Waals surface area contributed by atoms with Crippen molar-refractivity contribution < 1.29 is 8.42 Å². The highest BCUT2D eigenvalue weighted by Crippen LogP contribution is 2.25. The van der Waals surface area contributed by atoms with Gasteiger partial charge in [0.1, 0.15) is 0 Å².